The quantitative estimate of drug-likeness (QED) is 0.488. The largest absolute Gasteiger partial charge is 0.460 e. The van der Waals surface area contributed by atoms with Crippen molar-refractivity contribution in [2.24, 2.45) is 0 Å². The Labute approximate surface area is 130 Å². The molecule has 0 aromatic carbocycles. The van der Waals surface area contributed by atoms with E-state index in [0.29, 0.717) is 6.01 Å². The number of hydrogen-bond acceptors (Lipinski definition) is 3. The Kier molecular flexibility index (Phi) is 9.84. The standard InChI is InChI=1S/C18H32N2O/c1-4-7-8-9-10-11-13-16-14-19-18(20-15-16)21-17(6-3)12-5-2/h14-15,17H,4-13H2,1-3H3. The van der Waals surface area contributed by atoms with E-state index in [1.165, 1.54) is 44.1 Å². The average molecular weight is 292 g/mol. The molecular formula is C18H32N2O. The number of aromatic nitrogens is 2. The van der Waals surface area contributed by atoms with Gasteiger partial charge in [-0.05, 0) is 31.2 Å². The molecule has 21 heavy (non-hydrogen) atoms. The van der Waals surface area contributed by atoms with Gasteiger partial charge in [0.15, 0.2) is 0 Å². The molecule has 0 fully saturated rings. The second-order valence-corrected chi connectivity index (χ2v) is 5.83. The highest BCUT2D eigenvalue weighted by Gasteiger charge is 2.08. The van der Waals surface area contributed by atoms with Gasteiger partial charge in [0.05, 0.1) is 0 Å². The normalized spacial score (nSPS) is 12.3. The maximum atomic E-state index is 5.81. The first-order valence-corrected chi connectivity index (χ1v) is 8.77. The van der Waals surface area contributed by atoms with Gasteiger partial charge in [-0.25, -0.2) is 9.97 Å². The molecular weight excluding hydrogens is 260 g/mol. The van der Waals surface area contributed by atoms with Crippen LogP contribution in [-0.2, 0) is 6.42 Å². The Hall–Kier alpha value is -1.12. The number of unbranched alkanes of at least 4 members (excludes halogenated alkanes) is 5. The molecule has 1 aromatic heterocycles. The molecule has 0 N–H and O–H groups in total. The van der Waals surface area contributed by atoms with Crippen LogP contribution in [0.1, 0.15) is 84.1 Å². The highest BCUT2D eigenvalue weighted by Crippen LogP contribution is 2.13. The first kappa shape index (κ1) is 17.9. The molecule has 0 spiro atoms. The summed E-state index contributed by atoms with van der Waals surface area (Å²) >= 11 is 0. The van der Waals surface area contributed by atoms with Crippen LogP contribution in [-0.4, -0.2) is 16.1 Å². The molecule has 1 rings (SSSR count). The van der Waals surface area contributed by atoms with Crippen LogP contribution in [0, 0.1) is 0 Å². The summed E-state index contributed by atoms with van der Waals surface area (Å²) in [4.78, 5) is 8.69. The van der Waals surface area contributed by atoms with Crippen molar-refractivity contribution in [2.75, 3.05) is 0 Å². The Morgan fingerprint density at radius 2 is 1.57 bits per heavy atom. The third kappa shape index (κ3) is 8.03. The molecule has 0 bridgehead atoms. The molecule has 3 nitrogen and oxygen atoms in total. The minimum atomic E-state index is 0.249. The molecule has 0 radical (unpaired) electrons. The van der Waals surface area contributed by atoms with Crippen molar-refractivity contribution in [1.29, 1.82) is 0 Å². The second kappa shape index (κ2) is 11.5. The molecule has 1 atom stereocenters. The Balaban J connectivity index is 2.26. The zero-order valence-electron chi connectivity index (χ0n) is 14.1. The molecule has 0 amide bonds. The van der Waals surface area contributed by atoms with Crippen molar-refractivity contribution in [3.8, 4) is 6.01 Å². The van der Waals surface area contributed by atoms with Crippen LogP contribution in [0.4, 0.5) is 0 Å². The number of ether oxygens (including phenoxy) is 1. The summed E-state index contributed by atoms with van der Waals surface area (Å²) in [5.41, 5.74) is 1.22. The van der Waals surface area contributed by atoms with Crippen molar-refractivity contribution < 1.29 is 4.74 Å². The third-order valence-corrected chi connectivity index (χ3v) is 3.84. The van der Waals surface area contributed by atoms with Crippen molar-refractivity contribution in [3.05, 3.63) is 18.0 Å². The van der Waals surface area contributed by atoms with Gasteiger partial charge in [-0.3, -0.25) is 0 Å². The molecule has 1 unspecified atom stereocenters. The number of aryl methyl sites for hydroxylation is 1. The fraction of sp³-hybridized carbons (Fsp3) is 0.778. The minimum Gasteiger partial charge on any atom is -0.460 e. The summed E-state index contributed by atoms with van der Waals surface area (Å²) in [5, 5.41) is 0. The predicted octanol–water partition coefficient (Wildman–Crippen LogP) is 5.34. The topological polar surface area (TPSA) is 35.0 Å². The van der Waals surface area contributed by atoms with Gasteiger partial charge in [-0.2, -0.15) is 0 Å². The van der Waals surface area contributed by atoms with Gasteiger partial charge >= 0.3 is 6.01 Å². The molecule has 0 aliphatic carbocycles. The Morgan fingerprint density at radius 3 is 2.19 bits per heavy atom. The molecule has 1 aromatic rings. The summed E-state index contributed by atoms with van der Waals surface area (Å²) in [6.45, 7) is 6.58. The van der Waals surface area contributed by atoms with E-state index in [0.717, 1.165) is 25.7 Å². The summed E-state index contributed by atoms with van der Waals surface area (Å²) in [7, 11) is 0. The first-order chi connectivity index (χ1) is 10.3. The monoisotopic (exact) mass is 292 g/mol. The van der Waals surface area contributed by atoms with Gasteiger partial charge in [0, 0.05) is 12.4 Å². The van der Waals surface area contributed by atoms with Crippen LogP contribution < -0.4 is 4.74 Å². The Bertz CT molecular complexity index is 351. The smallest absolute Gasteiger partial charge is 0.316 e. The van der Waals surface area contributed by atoms with Crippen molar-refractivity contribution in [3.63, 3.8) is 0 Å². The maximum absolute atomic E-state index is 5.81. The van der Waals surface area contributed by atoms with E-state index < -0.39 is 0 Å². The molecule has 3 heteroatoms. The first-order valence-electron chi connectivity index (χ1n) is 8.77. The lowest BCUT2D eigenvalue weighted by atomic mass is 10.1. The zero-order valence-corrected chi connectivity index (χ0v) is 14.1. The highest BCUT2D eigenvalue weighted by molar-refractivity contribution is 5.07. The average Bonchev–Trinajstić information content (AvgIpc) is 2.52. The van der Waals surface area contributed by atoms with Crippen LogP contribution in [0.15, 0.2) is 12.4 Å². The fourth-order valence-corrected chi connectivity index (χ4v) is 2.46. The number of rotatable bonds is 12. The predicted molar refractivity (Wildman–Crippen MR) is 88.7 cm³/mol. The second-order valence-electron chi connectivity index (χ2n) is 5.83. The Morgan fingerprint density at radius 1 is 0.905 bits per heavy atom. The highest BCUT2D eigenvalue weighted by atomic mass is 16.5. The molecule has 0 saturated heterocycles. The zero-order chi connectivity index (χ0) is 15.3. The van der Waals surface area contributed by atoms with Gasteiger partial charge in [0.2, 0.25) is 0 Å². The van der Waals surface area contributed by atoms with Gasteiger partial charge in [-0.15, -0.1) is 0 Å². The van der Waals surface area contributed by atoms with E-state index in [1.54, 1.807) is 0 Å². The van der Waals surface area contributed by atoms with Crippen LogP contribution in [0.3, 0.4) is 0 Å². The van der Waals surface area contributed by atoms with Crippen LogP contribution >= 0.6 is 0 Å². The van der Waals surface area contributed by atoms with E-state index in [1.807, 2.05) is 12.4 Å². The van der Waals surface area contributed by atoms with E-state index in [9.17, 15) is 0 Å². The number of nitrogens with zero attached hydrogens (tertiary/aromatic N) is 2. The van der Waals surface area contributed by atoms with Crippen LogP contribution in [0.25, 0.3) is 0 Å². The van der Waals surface area contributed by atoms with Crippen LogP contribution in [0.2, 0.25) is 0 Å². The minimum absolute atomic E-state index is 0.249. The summed E-state index contributed by atoms with van der Waals surface area (Å²) in [6.07, 6.45) is 16.3. The van der Waals surface area contributed by atoms with Gasteiger partial charge in [0.1, 0.15) is 6.10 Å². The lowest BCUT2D eigenvalue weighted by molar-refractivity contribution is 0.170. The summed E-state index contributed by atoms with van der Waals surface area (Å²) in [6, 6.07) is 0.530. The van der Waals surface area contributed by atoms with Gasteiger partial charge in [-0.1, -0.05) is 59.3 Å². The van der Waals surface area contributed by atoms with Gasteiger partial charge < -0.3 is 4.74 Å². The fourth-order valence-electron chi connectivity index (χ4n) is 2.46. The lowest BCUT2D eigenvalue weighted by Crippen LogP contribution is -2.16. The molecule has 120 valence electrons. The summed E-state index contributed by atoms with van der Waals surface area (Å²) in [5.74, 6) is 0. The lowest BCUT2D eigenvalue weighted by Gasteiger charge is -2.14. The molecule has 0 aliphatic rings. The molecule has 0 aliphatic heterocycles. The van der Waals surface area contributed by atoms with E-state index in [4.69, 9.17) is 4.74 Å². The molecule has 1 heterocycles. The van der Waals surface area contributed by atoms with Crippen molar-refractivity contribution in [1.82, 2.24) is 9.97 Å². The summed E-state index contributed by atoms with van der Waals surface area (Å²) < 4.78 is 5.81. The van der Waals surface area contributed by atoms with E-state index in [2.05, 4.69) is 30.7 Å². The third-order valence-electron chi connectivity index (χ3n) is 3.84. The molecule has 0 saturated carbocycles. The van der Waals surface area contributed by atoms with Gasteiger partial charge in [0.25, 0.3) is 0 Å². The number of hydrogen-bond donors (Lipinski definition) is 0. The van der Waals surface area contributed by atoms with E-state index >= 15 is 0 Å². The SMILES string of the molecule is CCCCCCCCc1cnc(OC(CC)CCC)nc1. The maximum Gasteiger partial charge on any atom is 0.316 e. The van der Waals surface area contributed by atoms with E-state index in [-0.39, 0.29) is 6.10 Å². The van der Waals surface area contributed by atoms with Crippen molar-refractivity contribution >= 4 is 0 Å². The van der Waals surface area contributed by atoms with Crippen LogP contribution in [0.5, 0.6) is 6.01 Å². The van der Waals surface area contributed by atoms with Crippen molar-refractivity contribution in [2.45, 2.75) is 91.1 Å².